The van der Waals surface area contributed by atoms with Gasteiger partial charge in [0.05, 0.1) is 5.02 Å². The molecule has 0 aliphatic heterocycles. The number of halogens is 2. The quantitative estimate of drug-likeness (QED) is 0.400. The van der Waals surface area contributed by atoms with E-state index < -0.39 is 10.0 Å². The number of ether oxygens (including phenoxy) is 1. The number of anilines is 1. The van der Waals surface area contributed by atoms with Crippen molar-refractivity contribution in [1.82, 2.24) is 19.5 Å². The Morgan fingerprint density at radius 1 is 0.969 bits per heavy atom. The van der Waals surface area contributed by atoms with E-state index in [1.165, 1.54) is 18.5 Å². The fourth-order valence-corrected chi connectivity index (χ4v) is 4.79. The standard InChI is InChI=1S/C21H17Cl2N5O3S/c1-13-9-19(18(23)10-17(13)22)32(29,30)27-15-3-5-16(6-4-15)31-21-11-20(25-12-26-21)28-8-7-24-14(28)2/h3-12,27H,1-2H3. The summed E-state index contributed by atoms with van der Waals surface area (Å²) in [5.74, 6) is 2.20. The molecule has 0 amide bonds. The molecule has 1 N–H and O–H groups in total. The van der Waals surface area contributed by atoms with Crippen molar-refractivity contribution < 1.29 is 13.2 Å². The lowest BCUT2D eigenvalue weighted by molar-refractivity contribution is 0.461. The van der Waals surface area contributed by atoms with Gasteiger partial charge < -0.3 is 4.74 Å². The van der Waals surface area contributed by atoms with Crippen LogP contribution in [0.15, 0.2) is 66.1 Å². The molecule has 32 heavy (non-hydrogen) atoms. The van der Waals surface area contributed by atoms with E-state index in [1.54, 1.807) is 54.2 Å². The number of aromatic nitrogens is 4. The SMILES string of the molecule is Cc1cc(S(=O)(=O)Nc2ccc(Oc3cc(-n4ccnc4C)ncn3)cc2)c(Cl)cc1Cl. The van der Waals surface area contributed by atoms with Gasteiger partial charge in [0.1, 0.15) is 28.6 Å². The van der Waals surface area contributed by atoms with Crippen LogP contribution in [0.1, 0.15) is 11.4 Å². The lowest BCUT2D eigenvalue weighted by Gasteiger charge is -2.12. The first-order valence-corrected chi connectivity index (χ1v) is 11.6. The topological polar surface area (TPSA) is 99.0 Å². The number of sulfonamides is 1. The van der Waals surface area contributed by atoms with Crippen molar-refractivity contribution in [2.45, 2.75) is 18.7 Å². The largest absolute Gasteiger partial charge is 0.439 e. The lowest BCUT2D eigenvalue weighted by atomic mass is 10.2. The van der Waals surface area contributed by atoms with E-state index in [-0.39, 0.29) is 9.92 Å². The van der Waals surface area contributed by atoms with Gasteiger partial charge in [-0.2, -0.15) is 0 Å². The average Bonchev–Trinajstić information content (AvgIpc) is 3.18. The summed E-state index contributed by atoms with van der Waals surface area (Å²) in [6, 6.07) is 10.9. The average molecular weight is 490 g/mol. The summed E-state index contributed by atoms with van der Waals surface area (Å²) in [6.07, 6.45) is 4.86. The van der Waals surface area contributed by atoms with E-state index in [0.717, 1.165) is 5.82 Å². The molecule has 164 valence electrons. The Labute approximate surface area is 194 Å². The van der Waals surface area contributed by atoms with Crippen molar-refractivity contribution in [1.29, 1.82) is 0 Å². The zero-order valence-corrected chi connectivity index (χ0v) is 19.3. The zero-order valence-electron chi connectivity index (χ0n) is 17.0. The minimum atomic E-state index is -3.90. The predicted molar refractivity (Wildman–Crippen MR) is 122 cm³/mol. The summed E-state index contributed by atoms with van der Waals surface area (Å²) < 4.78 is 35.6. The van der Waals surface area contributed by atoms with E-state index in [1.807, 2.05) is 6.92 Å². The second kappa shape index (κ2) is 8.78. The van der Waals surface area contributed by atoms with Crippen molar-refractivity contribution in [3.8, 4) is 17.4 Å². The molecule has 0 fully saturated rings. The fraction of sp³-hybridized carbons (Fsp3) is 0.0952. The molecular formula is C21H17Cl2N5O3S. The Hall–Kier alpha value is -3.14. The Kier molecular flexibility index (Phi) is 6.05. The second-order valence-corrected chi connectivity index (χ2v) is 9.29. The van der Waals surface area contributed by atoms with Crippen molar-refractivity contribution in [2.75, 3.05) is 4.72 Å². The Balaban J connectivity index is 1.51. The molecule has 0 radical (unpaired) electrons. The van der Waals surface area contributed by atoms with Crippen LogP contribution in [0, 0.1) is 13.8 Å². The van der Waals surface area contributed by atoms with E-state index in [9.17, 15) is 8.42 Å². The highest BCUT2D eigenvalue weighted by atomic mass is 35.5. The first-order chi connectivity index (χ1) is 15.2. The number of hydrogen-bond donors (Lipinski definition) is 1. The van der Waals surface area contributed by atoms with Gasteiger partial charge in [-0.3, -0.25) is 9.29 Å². The van der Waals surface area contributed by atoms with E-state index in [2.05, 4.69) is 19.7 Å². The Morgan fingerprint density at radius 3 is 2.41 bits per heavy atom. The van der Waals surface area contributed by atoms with Crippen LogP contribution in [0.2, 0.25) is 10.0 Å². The van der Waals surface area contributed by atoms with Crippen molar-refractivity contribution in [2.24, 2.45) is 0 Å². The summed E-state index contributed by atoms with van der Waals surface area (Å²) in [5.41, 5.74) is 0.953. The van der Waals surface area contributed by atoms with Gasteiger partial charge in [-0.25, -0.2) is 23.4 Å². The van der Waals surface area contributed by atoms with Crippen molar-refractivity contribution >= 4 is 38.9 Å². The highest BCUT2D eigenvalue weighted by Gasteiger charge is 2.19. The molecule has 4 rings (SSSR count). The molecule has 8 nitrogen and oxygen atoms in total. The van der Waals surface area contributed by atoms with Crippen molar-refractivity contribution in [3.63, 3.8) is 0 Å². The van der Waals surface area contributed by atoms with E-state index in [0.29, 0.717) is 33.7 Å². The molecule has 0 aliphatic carbocycles. The molecule has 0 bridgehead atoms. The summed E-state index contributed by atoms with van der Waals surface area (Å²) in [6.45, 7) is 3.57. The lowest BCUT2D eigenvalue weighted by Crippen LogP contribution is -2.13. The highest BCUT2D eigenvalue weighted by molar-refractivity contribution is 7.92. The zero-order chi connectivity index (χ0) is 22.9. The number of imidazole rings is 1. The van der Waals surface area contributed by atoms with Crippen LogP contribution >= 0.6 is 23.2 Å². The molecule has 0 atom stereocenters. The molecule has 11 heteroatoms. The number of hydrogen-bond acceptors (Lipinski definition) is 6. The maximum atomic E-state index is 12.7. The number of rotatable bonds is 6. The molecular weight excluding hydrogens is 473 g/mol. The normalized spacial score (nSPS) is 11.4. The van der Waals surface area contributed by atoms with Gasteiger partial charge in [-0.15, -0.1) is 0 Å². The molecule has 2 aromatic carbocycles. The first-order valence-electron chi connectivity index (χ1n) is 9.32. The number of benzene rings is 2. The van der Waals surface area contributed by atoms with Gasteiger partial charge in [-0.1, -0.05) is 23.2 Å². The molecule has 2 aromatic heterocycles. The maximum Gasteiger partial charge on any atom is 0.263 e. The van der Waals surface area contributed by atoms with Crippen LogP contribution in [0.3, 0.4) is 0 Å². The summed E-state index contributed by atoms with van der Waals surface area (Å²) >= 11 is 12.1. The molecule has 0 aliphatic rings. The minimum Gasteiger partial charge on any atom is -0.439 e. The van der Waals surface area contributed by atoms with Crippen LogP contribution in [0.25, 0.3) is 5.82 Å². The molecule has 0 saturated heterocycles. The van der Waals surface area contributed by atoms with Gasteiger partial charge in [0.2, 0.25) is 5.88 Å². The number of nitrogens with one attached hydrogen (secondary N) is 1. The van der Waals surface area contributed by atoms with E-state index in [4.69, 9.17) is 27.9 Å². The molecule has 0 spiro atoms. The third kappa shape index (κ3) is 4.69. The van der Waals surface area contributed by atoms with Gasteiger partial charge in [0.25, 0.3) is 10.0 Å². The minimum absolute atomic E-state index is 0.0424. The Morgan fingerprint density at radius 2 is 1.72 bits per heavy atom. The van der Waals surface area contributed by atoms with Gasteiger partial charge in [0.15, 0.2) is 0 Å². The van der Waals surface area contributed by atoms with Crippen LogP contribution < -0.4 is 9.46 Å². The Bertz CT molecular complexity index is 1390. The van der Waals surface area contributed by atoms with Crippen molar-refractivity contribution in [3.05, 3.63) is 82.6 Å². The van der Waals surface area contributed by atoms with Gasteiger partial charge in [-0.05, 0) is 55.8 Å². The third-order valence-electron chi connectivity index (χ3n) is 4.53. The van der Waals surface area contributed by atoms with E-state index >= 15 is 0 Å². The van der Waals surface area contributed by atoms with Crippen LogP contribution in [0.5, 0.6) is 11.6 Å². The summed E-state index contributed by atoms with van der Waals surface area (Å²) in [4.78, 5) is 12.5. The smallest absolute Gasteiger partial charge is 0.263 e. The molecule has 2 heterocycles. The monoisotopic (exact) mass is 489 g/mol. The third-order valence-corrected chi connectivity index (χ3v) is 6.78. The maximum absolute atomic E-state index is 12.7. The van der Waals surface area contributed by atoms with Crippen LogP contribution in [-0.2, 0) is 10.0 Å². The second-order valence-electron chi connectivity index (χ2n) is 6.82. The number of aryl methyl sites for hydroxylation is 2. The molecule has 0 saturated carbocycles. The predicted octanol–water partition coefficient (Wildman–Crippen LogP) is 5.18. The van der Waals surface area contributed by atoms with Crippen LogP contribution in [0.4, 0.5) is 5.69 Å². The first kappa shape index (κ1) is 22.1. The highest BCUT2D eigenvalue weighted by Crippen LogP contribution is 2.30. The number of nitrogens with zero attached hydrogens (tertiary/aromatic N) is 4. The van der Waals surface area contributed by atoms with Gasteiger partial charge >= 0.3 is 0 Å². The summed E-state index contributed by atoms with van der Waals surface area (Å²) in [5, 5.41) is 0.437. The molecule has 0 unspecified atom stereocenters. The molecule has 4 aromatic rings. The van der Waals surface area contributed by atoms with Crippen LogP contribution in [-0.4, -0.2) is 27.9 Å². The van der Waals surface area contributed by atoms with Gasteiger partial charge in [0, 0.05) is 29.2 Å². The summed E-state index contributed by atoms with van der Waals surface area (Å²) in [7, 11) is -3.90. The fourth-order valence-electron chi connectivity index (χ4n) is 2.90.